The molecule has 0 bridgehead atoms. The standard InChI is InChI=1S/C18H19NO2/c1-2-6-17(20)14-11-15-9-10-16(19(15)12-14)18(21)13-7-4-3-5-8-13/h3-5,7-10,14H,2,6,11-12H2,1H3. The second-order valence-electron chi connectivity index (χ2n) is 5.63. The zero-order valence-corrected chi connectivity index (χ0v) is 12.2. The van der Waals surface area contributed by atoms with Gasteiger partial charge in [0.15, 0.2) is 0 Å². The molecule has 3 nitrogen and oxygen atoms in total. The van der Waals surface area contributed by atoms with Crippen LogP contribution in [0.15, 0.2) is 42.5 Å². The lowest BCUT2D eigenvalue weighted by Crippen LogP contribution is -2.17. The van der Waals surface area contributed by atoms with Gasteiger partial charge in [0.05, 0.1) is 5.69 Å². The van der Waals surface area contributed by atoms with Crippen molar-refractivity contribution in [2.24, 2.45) is 5.92 Å². The summed E-state index contributed by atoms with van der Waals surface area (Å²) >= 11 is 0. The van der Waals surface area contributed by atoms with E-state index >= 15 is 0 Å². The summed E-state index contributed by atoms with van der Waals surface area (Å²) in [7, 11) is 0. The Kier molecular flexibility index (Phi) is 3.74. The average Bonchev–Trinajstić information content (AvgIpc) is 3.08. The molecule has 2 aromatic rings. The van der Waals surface area contributed by atoms with Crippen LogP contribution in [0.3, 0.4) is 0 Å². The first-order valence-electron chi connectivity index (χ1n) is 7.51. The fourth-order valence-electron chi connectivity index (χ4n) is 3.04. The maximum absolute atomic E-state index is 12.6. The molecular weight excluding hydrogens is 262 g/mol. The minimum absolute atomic E-state index is 0.0328. The predicted octanol–water partition coefficient (Wildman–Crippen LogP) is 3.26. The third-order valence-corrected chi connectivity index (χ3v) is 4.15. The summed E-state index contributed by atoms with van der Waals surface area (Å²) in [6, 6.07) is 13.2. The van der Waals surface area contributed by atoms with Crippen molar-refractivity contribution in [1.29, 1.82) is 0 Å². The van der Waals surface area contributed by atoms with Crippen molar-refractivity contribution in [3.63, 3.8) is 0 Å². The largest absolute Gasteiger partial charge is 0.341 e. The number of carbonyl (C=O) groups is 2. The van der Waals surface area contributed by atoms with Crippen molar-refractivity contribution in [1.82, 2.24) is 4.57 Å². The van der Waals surface area contributed by atoms with Gasteiger partial charge in [-0.05, 0) is 25.0 Å². The van der Waals surface area contributed by atoms with Gasteiger partial charge in [0.1, 0.15) is 5.78 Å². The summed E-state index contributed by atoms with van der Waals surface area (Å²) in [6.45, 7) is 2.67. The minimum Gasteiger partial charge on any atom is -0.341 e. The first-order valence-corrected chi connectivity index (χ1v) is 7.51. The van der Waals surface area contributed by atoms with Crippen LogP contribution in [0.5, 0.6) is 0 Å². The molecule has 0 spiro atoms. The van der Waals surface area contributed by atoms with Crippen molar-refractivity contribution in [3.05, 3.63) is 59.4 Å². The molecule has 108 valence electrons. The molecule has 1 unspecified atom stereocenters. The number of aromatic nitrogens is 1. The van der Waals surface area contributed by atoms with Gasteiger partial charge in [-0.1, -0.05) is 37.3 Å². The zero-order chi connectivity index (χ0) is 14.8. The maximum Gasteiger partial charge on any atom is 0.209 e. The fraction of sp³-hybridized carbons (Fsp3) is 0.333. The Balaban J connectivity index is 1.83. The Labute approximate surface area is 124 Å². The van der Waals surface area contributed by atoms with Crippen LogP contribution in [0.25, 0.3) is 0 Å². The third-order valence-electron chi connectivity index (χ3n) is 4.15. The Bertz CT molecular complexity index is 670. The molecule has 21 heavy (non-hydrogen) atoms. The van der Waals surface area contributed by atoms with Crippen LogP contribution < -0.4 is 0 Å². The number of Topliss-reactive ketones (excluding diaryl/α,β-unsaturated/α-hetero) is 1. The van der Waals surface area contributed by atoms with E-state index in [9.17, 15) is 9.59 Å². The zero-order valence-electron chi connectivity index (χ0n) is 12.2. The molecule has 3 rings (SSSR count). The van der Waals surface area contributed by atoms with Gasteiger partial charge in [-0.2, -0.15) is 0 Å². The van der Waals surface area contributed by atoms with E-state index in [0.717, 1.165) is 18.5 Å². The number of nitrogens with zero attached hydrogens (tertiary/aromatic N) is 1. The van der Waals surface area contributed by atoms with Crippen LogP contribution >= 0.6 is 0 Å². The molecule has 1 aromatic carbocycles. The smallest absolute Gasteiger partial charge is 0.209 e. The second kappa shape index (κ2) is 5.68. The van der Waals surface area contributed by atoms with Gasteiger partial charge in [-0.25, -0.2) is 0 Å². The van der Waals surface area contributed by atoms with Crippen molar-refractivity contribution >= 4 is 11.6 Å². The predicted molar refractivity (Wildman–Crippen MR) is 81.4 cm³/mol. The lowest BCUT2D eigenvalue weighted by Gasteiger charge is -2.09. The summed E-state index contributed by atoms with van der Waals surface area (Å²) in [6.07, 6.45) is 2.29. The molecule has 1 aromatic heterocycles. The molecule has 1 atom stereocenters. The Morgan fingerprint density at radius 2 is 1.90 bits per heavy atom. The lowest BCUT2D eigenvalue weighted by atomic mass is 9.98. The highest BCUT2D eigenvalue weighted by Crippen LogP contribution is 2.27. The van der Waals surface area contributed by atoms with Gasteiger partial charge in [-0.3, -0.25) is 9.59 Å². The van der Waals surface area contributed by atoms with Crippen LogP contribution in [-0.4, -0.2) is 16.1 Å². The summed E-state index contributed by atoms with van der Waals surface area (Å²) in [5, 5.41) is 0. The number of carbonyl (C=O) groups excluding carboxylic acids is 2. The van der Waals surface area contributed by atoms with Gasteiger partial charge in [0, 0.05) is 30.1 Å². The Hall–Kier alpha value is -2.16. The molecule has 3 heteroatoms. The minimum atomic E-state index is 0.0328. The number of hydrogen-bond donors (Lipinski definition) is 0. The van der Waals surface area contributed by atoms with Crippen LogP contribution in [-0.2, 0) is 17.8 Å². The first kappa shape index (κ1) is 13.8. The molecular formula is C18H19NO2. The molecule has 2 heterocycles. The normalized spacial score (nSPS) is 16.7. The van der Waals surface area contributed by atoms with Crippen LogP contribution in [0.1, 0.15) is 41.5 Å². The van der Waals surface area contributed by atoms with Crippen molar-refractivity contribution < 1.29 is 9.59 Å². The highest BCUT2D eigenvalue weighted by molar-refractivity contribution is 6.08. The van der Waals surface area contributed by atoms with Gasteiger partial charge in [0.2, 0.25) is 5.78 Å². The lowest BCUT2D eigenvalue weighted by molar-refractivity contribution is -0.122. The molecule has 0 amide bonds. The number of hydrogen-bond acceptors (Lipinski definition) is 2. The van der Waals surface area contributed by atoms with E-state index in [1.807, 2.05) is 54.0 Å². The van der Waals surface area contributed by atoms with Crippen LogP contribution in [0.2, 0.25) is 0 Å². The van der Waals surface area contributed by atoms with Crippen molar-refractivity contribution in [2.75, 3.05) is 0 Å². The van der Waals surface area contributed by atoms with Gasteiger partial charge in [-0.15, -0.1) is 0 Å². The van der Waals surface area contributed by atoms with E-state index in [4.69, 9.17) is 0 Å². The fourth-order valence-corrected chi connectivity index (χ4v) is 3.04. The quantitative estimate of drug-likeness (QED) is 0.789. The number of ketones is 2. The summed E-state index contributed by atoms with van der Waals surface area (Å²) in [5.41, 5.74) is 2.49. The number of benzene rings is 1. The highest BCUT2D eigenvalue weighted by Gasteiger charge is 2.29. The van der Waals surface area contributed by atoms with E-state index in [1.165, 1.54) is 0 Å². The van der Waals surface area contributed by atoms with Crippen LogP contribution in [0, 0.1) is 5.92 Å². The van der Waals surface area contributed by atoms with Crippen molar-refractivity contribution in [2.45, 2.75) is 32.7 Å². The topological polar surface area (TPSA) is 39.1 Å². The molecule has 1 aliphatic heterocycles. The Morgan fingerprint density at radius 3 is 2.62 bits per heavy atom. The Morgan fingerprint density at radius 1 is 1.14 bits per heavy atom. The second-order valence-corrected chi connectivity index (χ2v) is 5.63. The van der Waals surface area contributed by atoms with E-state index in [-0.39, 0.29) is 11.7 Å². The maximum atomic E-state index is 12.6. The molecule has 0 N–H and O–H groups in total. The first-order chi connectivity index (χ1) is 10.2. The SMILES string of the molecule is CCCC(=O)C1Cc2ccc(C(=O)c3ccccc3)n2C1. The third kappa shape index (κ3) is 2.56. The van der Waals surface area contributed by atoms with Gasteiger partial charge < -0.3 is 4.57 Å². The number of rotatable bonds is 5. The summed E-state index contributed by atoms with van der Waals surface area (Å²) in [5.74, 6) is 0.397. The highest BCUT2D eigenvalue weighted by atomic mass is 16.1. The monoisotopic (exact) mass is 281 g/mol. The van der Waals surface area contributed by atoms with Gasteiger partial charge >= 0.3 is 0 Å². The average molecular weight is 281 g/mol. The molecule has 0 saturated heterocycles. The molecule has 0 aliphatic carbocycles. The summed E-state index contributed by atoms with van der Waals surface area (Å²) < 4.78 is 2.02. The van der Waals surface area contributed by atoms with E-state index in [2.05, 4.69) is 0 Å². The molecule has 1 aliphatic rings. The van der Waals surface area contributed by atoms with Gasteiger partial charge in [0.25, 0.3) is 0 Å². The molecule has 0 saturated carbocycles. The van der Waals surface area contributed by atoms with E-state index < -0.39 is 0 Å². The van der Waals surface area contributed by atoms with Crippen LogP contribution in [0.4, 0.5) is 0 Å². The van der Waals surface area contributed by atoms with E-state index in [0.29, 0.717) is 30.0 Å². The molecule has 0 radical (unpaired) electrons. The van der Waals surface area contributed by atoms with E-state index in [1.54, 1.807) is 0 Å². The summed E-state index contributed by atoms with van der Waals surface area (Å²) in [4.78, 5) is 24.6. The number of fused-ring (bicyclic) bond motifs is 1. The molecule has 0 fully saturated rings. The van der Waals surface area contributed by atoms with Crippen molar-refractivity contribution in [3.8, 4) is 0 Å².